The fraction of sp³-hybridized carbons (Fsp3) is 0.429. The number of nitrogens with one attached hydrogen (secondary N) is 1. The Bertz CT molecular complexity index is 590. The lowest BCUT2D eigenvalue weighted by Gasteiger charge is -2.04. The molecule has 0 saturated carbocycles. The molecule has 1 amide bonds. The molecule has 5 nitrogen and oxygen atoms in total. The van der Waals surface area contributed by atoms with Crippen LogP contribution in [0.25, 0.3) is 11.0 Å². The fourth-order valence-electron chi connectivity index (χ4n) is 2.14. The molecule has 2 aromatic rings. The molecule has 0 aliphatic heterocycles. The van der Waals surface area contributed by atoms with Gasteiger partial charge < -0.3 is 14.6 Å². The molecule has 0 aliphatic rings. The topological polar surface area (TPSA) is 56.1 Å². The molecule has 2 heterocycles. The number of hydrogen-bond donors (Lipinski definition) is 1. The minimum atomic E-state index is -0.00614. The normalized spacial score (nSPS) is 10.7. The number of aromatic nitrogens is 2. The molecule has 0 saturated heterocycles. The smallest absolute Gasteiger partial charge is 0.216 e. The maximum absolute atomic E-state index is 10.9. The van der Waals surface area contributed by atoms with Crippen molar-refractivity contribution < 1.29 is 9.53 Å². The predicted molar refractivity (Wildman–Crippen MR) is 74.3 cm³/mol. The average Bonchev–Trinajstić information content (AvgIpc) is 2.66. The van der Waals surface area contributed by atoms with Crippen molar-refractivity contribution in [3.05, 3.63) is 24.0 Å². The number of nitrogens with zero attached hydrogens (tertiary/aromatic N) is 2. The van der Waals surface area contributed by atoms with Crippen LogP contribution in [0.2, 0.25) is 0 Å². The SMILES string of the molecule is CCOc1cnc2c(c1)c(CCNC(C)=O)cn2C. The summed E-state index contributed by atoms with van der Waals surface area (Å²) in [5, 5.41) is 3.89. The van der Waals surface area contributed by atoms with Gasteiger partial charge in [0, 0.05) is 32.1 Å². The van der Waals surface area contributed by atoms with Gasteiger partial charge in [-0.05, 0) is 25.0 Å². The van der Waals surface area contributed by atoms with Crippen molar-refractivity contribution in [2.45, 2.75) is 20.3 Å². The van der Waals surface area contributed by atoms with Crippen LogP contribution in [-0.2, 0) is 18.3 Å². The van der Waals surface area contributed by atoms with Crippen LogP contribution in [0.5, 0.6) is 5.75 Å². The number of ether oxygens (including phenoxy) is 1. The quantitative estimate of drug-likeness (QED) is 0.890. The van der Waals surface area contributed by atoms with E-state index in [-0.39, 0.29) is 5.91 Å². The summed E-state index contributed by atoms with van der Waals surface area (Å²) >= 11 is 0. The molecule has 0 atom stereocenters. The second kappa shape index (κ2) is 5.73. The van der Waals surface area contributed by atoms with E-state index in [9.17, 15) is 4.79 Å². The van der Waals surface area contributed by atoms with E-state index in [0.29, 0.717) is 13.2 Å². The highest BCUT2D eigenvalue weighted by Gasteiger charge is 2.09. The van der Waals surface area contributed by atoms with Crippen LogP contribution in [0.15, 0.2) is 18.5 Å². The van der Waals surface area contributed by atoms with Crippen LogP contribution in [0.1, 0.15) is 19.4 Å². The molecule has 0 radical (unpaired) electrons. The summed E-state index contributed by atoms with van der Waals surface area (Å²) in [7, 11) is 1.97. The number of pyridine rings is 1. The minimum absolute atomic E-state index is 0.00614. The average molecular weight is 261 g/mol. The molecule has 0 bridgehead atoms. The summed E-state index contributed by atoms with van der Waals surface area (Å²) in [4.78, 5) is 15.3. The monoisotopic (exact) mass is 261 g/mol. The molecule has 2 rings (SSSR count). The van der Waals surface area contributed by atoms with E-state index >= 15 is 0 Å². The number of carbonyl (C=O) groups is 1. The predicted octanol–water partition coefficient (Wildman–Crippen LogP) is 1.65. The second-order valence-corrected chi connectivity index (χ2v) is 4.47. The van der Waals surface area contributed by atoms with Crippen molar-refractivity contribution in [1.82, 2.24) is 14.9 Å². The van der Waals surface area contributed by atoms with E-state index < -0.39 is 0 Å². The van der Waals surface area contributed by atoms with Crippen LogP contribution in [-0.4, -0.2) is 28.6 Å². The number of carbonyl (C=O) groups excluding carboxylic acids is 1. The molecule has 2 aromatic heterocycles. The van der Waals surface area contributed by atoms with E-state index in [4.69, 9.17) is 4.74 Å². The Balaban J connectivity index is 2.26. The van der Waals surface area contributed by atoms with Gasteiger partial charge >= 0.3 is 0 Å². The van der Waals surface area contributed by atoms with Gasteiger partial charge in [-0.3, -0.25) is 4.79 Å². The highest BCUT2D eigenvalue weighted by atomic mass is 16.5. The summed E-state index contributed by atoms with van der Waals surface area (Å²) in [5.41, 5.74) is 2.10. The summed E-state index contributed by atoms with van der Waals surface area (Å²) in [6.45, 7) is 4.74. The second-order valence-electron chi connectivity index (χ2n) is 4.47. The Hall–Kier alpha value is -2.04. The number of rotatable bonds is 5. The zero-order valence-electron chi connectivity index (χ0n) is 11.6. The van der Waals surface area contributed by atoms with E-state index in [1.54, 1.807) is 6.20 Å². The van der Waals surface area contributed by atoms with Gasteiger partial charge in [0.05, 0.1) is 12.8 Å². The molecule has 0 fully saturated rings. The first-order valence-corrected chi connectivity index (χ1v) is 6.43. The fourth-order valence-corrected chi connectivity index (χ4v) is 2.14. The van der Waals surface area contributed by atoms with Crippen molar-refractivity contribution in [2.75, 3.05) is 13.2 Å². The maximum Gasteiger partial charge on any atom is 0.216 e. The number of fused-ring (bicyclic) bond motifs is 1. The van der Waals surface area contributed by atoms with Gasteiger partial charge in [0.2, 0.25) is 5.91 Å². The van der Waals surface area contributed by atoms with Crippen LogP contribution < -0.4 is 10.1 Å². The van der Waals surface area contributed by atoms with Gasteiger partial charge in [0.15, 0.2) is 0 Å². The Labute approximate surface area is 112 Å². The Morgan fingerprint density at radius 2 is 2.32 bits per heavy atom. The molecule has 5 heteroatoms. The van der Waals surface area contributed by atoms with Crippen LogP contribution in [0, 0.1) is 0 Å². The van der Waals surface area contributed by atoms with E-state index in [1.165, 1.54) is 12.5 Å². The Kier molecular flexibility index (Phi) is 4.04. The summed E-state index contributed by atoms with van der Waals surface area (Å²) in [6.07, 6.45) is 4.58. The molecule has 0 unspecified atom stereocenters. The van der Waals surface area contributed by atoms with Crippen molar-refractivity contribution in [1.29, 1.82) is 0 Å². The van der Waals surface area contributed by atoms with Gasteiger partial charge in [-0.2, -0.15) is 0 Å². The van der Waals surface area contributed by atoms with Crippen molar-refractivity contribution in [3.63, 3.8) is 0 Å². The summed E-state index contributed by atoms with van der Waals surface area (Å²) < 4.78 is 7.47. The van der Waals surface area contributed by atoms with Crippen molar-refractivity contribution in [3.8, 4) is 5.75 Å². The number of amides is 1. The third kappa shape index (κ3) is 3.05. The van der Waals surface area contributed by atoms with Gasteiger partial charge in [-0.25, -0.2) is 4.98 Å². The molecule has 102 valence electrons. The minimum Gasteiger partial charge on any atom is -0.492 e. The number of aryl methyl sites for hydroxylation is 1. The molecule has 0 aromatic carbocycles. The van der Waals surface area contributed by atoms with Crippen molar-refractivity contribution in [2.24, 2.45) is 7.05 Å². The van der Waals surface area contributed by atoms with Crippen LogP contribution in [0.4, 0.5) is 0 Å². The third-order valence-electron chi connectivity index (χ3n) is 2.95. The first kappa shape index (κ1) is 13.4. The van der Waals surface area contributed by atoms with E-state index in [2.05, 4.69) is 16.5 Å². The highest BCUT2D eigenvalue weighted by Crippen LogP contribution is 2.23. The summed E-state index contributed by atoms with van der Waals surface area (Å²) in [5.74, 6) is 0.773. The lowest BCUT2D eigenvalue weighted by Crippen LogP contribution is -2.22. The molecular formula is C14H19N3O2. The molecule has 0 spiro atoms. The van der Waals surface area contributed by atoms with Gasteiger partial charge in [0.1, 0.15) is 11.4 Å². The number of hydrogen-bond acceptors (Lipinski definition) is 3. The van der Waals surface area contributed by atoms with E-state index in [1.807, 2.05) is 24.6 Å². The van der Waals surface area contributed by atoms with Gasteiger partial charge in [0.25, 0.3) is 0 Å². The molecule has 1 N–H and O–H groups in total. The maximum atomic E-state index is 10.9. The zero-order valence-corrected chi connectivity index (χ0v) is 11.6. The Morgan fingerprint density at radius 1 is 1.53 bits per heavy atom. The van der Waals surface area contributed by atoms with Crippen LogP contribution >= 0.6 is 0 Å². The zero-order chi connectivity index (χ0) is 13.8. The van der Waals surface area contributed by atoms with Crippen LogP contribution in [0.3, 0.4) is 0 Å². The standard InChI is InChI=1S/C14H19N3O2/c1-4-19-12-7-13-11(5-6-15-10(2)18)9-17(3)14(13)16-8-12/h7-9H,4-6H2,1-3H3,(H,15,18). The first-order chi connectivity index (χ1) is 9.11. The molecule has 0 aliphatic carbocycles. The Morgan fingerprint density at radius 3 is 3.00 bits per heavy atom. The lowest BCUT2D eigenvalue weighted by molar-refractivity contribution is -0.118. The molecule has 19 heavy (non-hydrogen) atoms. The molecular weight excluding hydrogens is 242 g/mol. The van der Waals surface area contributed by atoms with E-state index in [0.717, 1.165) is 23.2 Å². The lowest BCUT2D eigenvalue weighted by atomic mass is 10.1. The van der Waals surface area contributed by atoms with Gasteiger partial charge in [-0.1, -0.05) is 0 Å². The summed E-state index contributed by atoms with van der Waals surface area (Å²) in [6, 6.07) is 2.01. The van der Waals surface area contributed by atoms with Gasteiger partial charge in [-0.15, -0.1) is 0 Å². The first-order valence-electron chi connectivity index (χ1n) is 6.43. The largest absolute Gasteiger partial charge is 0.492 e. The highest BCUT2D eigenvalue weighted by molar-refractivity contribution is 5.82. The van der Waals surface area contributed by atoms with Crippen molar-refractivity contribution >= 4 is 16.9 Å². The third-order valence-corrected chi connectivity index (χ3v) is 2.95.